The van der Waals surface area contributed by atoms with Gasteiger partial charge in [0.25, 0.3) is 0 Å². The minimum absolute atomic E-state index is 0. The molecular formula is C21H31NO2. The molecule has 0 aliphatic rings. The summed E-state index contributed by atoms with van der Waals surface area (Å²) < 4.78 is 0. The van der Waals surface area contributed by atoms with Gasteiger partial charge in [0, 0.05) is 0 Å². The second kappa shape index (κ2) is 10.8. The summed E-state index contributed by atoms with van der Waals surface area (Å²) in [5.74, 6) is -0.809. The normalized spacial score (nSPS) is 10.5. The minimum atomic E-state index is -0.809. The molecule has 0 aliphatic heterocycles. The fourth-order valence-corrected chi connectivity index (χ4v) is 3.23. The summed E-state index contributed by atoms with van der Waals surface area (Å²) in [6.45, 7) is 2.24. The zero-order valence-electron chi connectivity index (χ0n) is 14.9. The molecule has 0 spiro atoms. The van der Waals surface area contributed by atoms with Crippen LogP contribution in [0.5, 0.6) is 0 Å². The number of fused-ring (bicyclic) bond motifs is 1. The summed E-state index contributed by atoms with van der Waals surface area (Å²) in [5, 5.41) is 11.4. The van der Waals surface area contributed by atoms with E-state index in [-0.39, 0.29) is 6.15 Å². The fourth-order valence-electron chi connectivity index (χ4n) is 3.23. The van der Waals surface area contributed by atoms with Crippen LogP contribution in [-0.4, -0.2) is 11.1 Å². The Bertz CT molecular complexity index is 637. The quantitative estimate of drug-likeness (QED) is 0.496. The molecule has 0 saturated carbocycles. The molecule has 3 nitrogen and oxygen atoms in total. The van der Waals surface area contributed by atoms with Gasteiger partial charge in [-0.05, 0) is 29.2 Å². The van der Waals surface area contributed by atoms with E-state index < -0.39 is 5.97 Å². The molecule has 0 fully saturated rings. The van der Waals surface area contributed by atoms with E-state index in [1.54, 1.807) is 0 Å². The van der Waals surface area contributed by atoms with Crippen LogP contribution in [0.1, 0.15) is 74.2 Å². The van der Waals surface area contributed by atoms with E-state index in [2.05, 4.69) is 6.92 Å². The Labute approximate surface area is 145 Å². The molecule has 0 amide bonds. The van der Waals surface area contributed by atoms with Crippen molar-refractivity contribution < 1.29 is 9.90 Å². The molecule has 0 radical (unpaired) electrons. The van der Waals surface area contributed by atoms with Gasteiger partial charge in [-0.15, -0.1) is 0 Å². The molecule has 2 aromatic rings. The number of carbonyl (C=O) groups is 1. The molecule has 0 unspecified atom stereocenters. The number of hydrogen-bond acceptors (Lipinski definition) is 2. The maximum atomic E-state index is 11.7. The monoisotopic (exact) mass is 329 g/mol. The molecule has 24 heavy (non-hydrogen) atoms. The number of carboxylic acid groups (broad SMARTS) is 1. The third kappa shape index (κ3) is 5.64. The summed E-state index contributed by atoms with van der Waals surface area (Å²) in [6.07, 6.45) is 11.0. The van der Waals surface area contributed by atoms with Gasteiger partial charge in [0.15, 0.2) is 0 Å². The van der Waals surface area contributed by atoms with Crippen molar-refractivity contribution in [2.45, 2.75) is 64.7 Å². The van der Waals surface area contributed by atoms with Crippen molar-refractivity contribution >= 4 is 16.7 Å². The molecule has 0 aromatic heterocycles. The topological polar surface area (TPSA) is 72.3 Å². The Morgan fingerprint density at radius 3 is 2.17 bits per heavy atom. The van der Waals surface area contributed by atoms with Gasteiger partial charge in [-0.2, -0.15) is 0 Å². The summed E-state index contributed by atoms with van der Waals surface area (Å²) >= 11 is 0. The fraction of sp³-hybridized carbons (Fsp3) is 0.476. The van der Waals surface area contributed by atoms with E-state index in [4.69, 9.17) is 0 Å². The zero-order valence-corrected chi connectivity index (χ0v) is 14.9. The highest BCUT2D eigenvalue weighted by atomic mass is 16.4. The van der Waals surface area contributed by atoms with E-state index in [0.717, 1.165) is 29.2 Å². The van der Waals surface area contributed by atoms with Crippen LogP contribution in [0.15, 0.2) is 36.4 Å². The van der Waals surface area contributed by atoms with Crippen molar-refractivity contribution in [3.8, 4) is 0 Å². The van der Waals surface area contributed by atoms with E-state index in [0.29, 0.717) is 5.56 Å². The van der Waals surface area contributed by atoms with Gasteiger partial charge in [0.1, 0.15) is 0 Å². The molecule has 0 heterocycles. The third-order valence-corrected chi connectivity index (χ3v) is 4.53. The van der Waals surface area contributed by atoms with Gasteiger partial charge in [-0.1, -0.05) is 88.3 Å². The maximum absolute atomic E-state index is 11.7. The summed E-state index contributed by atoms with van der Waals surface area (Å²) in [4.78, 5) is 11.7. The Hall–Kier alpha value is -1.87. The van der Waals surface area contributed by atoms with Gasteiger partial charge in [0.2, 0.25) is 0 Å². The molecule has 3 heteroatoms. The van der Waals surface area contributed by atoms with Crippen LogP contribution in [-0.2, 0) is 6.42 Å². The zero-order chi connectivity index (χ0) is 16.5. The maximum Gasteiger partial charge on any atom is 0.336 e. The number of benzene rings is 2. The third-order valence-electron chi connectivity index (χ3n) is 4.53. The SMILES string of the molecule is CCCCCCCCCCc1ccc2ccccc2c1C(=O)O.N. The molecule has 0 atom stereocenters. The second-order valence-electron chi connectivity index (χ2n) is 6.35. The first-order valence-electron chi connectivity index (χ1n) is 8.98. The summed E-state index contributed by atoms with van der Waals surface area (Å²) in [7, 11) is 0. The molecule has 0 saturated heterocycles. The molecule has 2 rings (SSSR count). The van der Waals surface area contributed by atoms with Crippen LogP contribution in [0.2, 0.25) is 0 Å². The number of unbranched alkanes of at least 4 members (excludes halogenated alkanes) is 7. The molecule has 4 N–H and O–H groups in total. The average Bonchev–Trinajstić information content (AvgIpc) is 2.56. The first kappa shape index (κ1) is 20.2. The highest BCUT2D eigenvalue weighted by Gasteiger charge is 2.13. The highest BCUT2D eigenvalue weighted by molar-refractivity contribution is 6.05. The Morgan fingerprint density at radius 2 is 1.50 bits per heavy atom. The number of hydrogen-bond donors (Lipinski definition) is 2. The van der Waals surface area contributed by atoms with Crippen LogP contribution < -0.4 is 6.15 Å². The lowest BCUT2D eigenvalue weighted by Crippen LogP contribution is -2.04. The first-order chi connectivity index (χ1) is 11.2. The first-order valence-corrected chi connectivity index (χ1v) is 8.98. The van der Waals surface area contributed by atoms with E-state index in [1.807, 2.05) is 36.4 Å². The van der Waals surface area contributed by atoms with Gasteiger partial charge in [-0.25, -0.2) is 4.79 Å². The lowest BCUT2D eigenvalue weighted by molar-refractivity contribution is 0.0698. The smallest absolute Gasteiger partial charge is 0.336 e. The van der Waals surface area contributed by atoms with Crippen molar-refractivity contribution in [2.75, 3.05) is 0 Å². The number of aryl methyl sites for hydroxylation is 1. The highest BCUT2D eigenvalue weighted by Crippen LogP contribution is 2.24. The lowest BCUT2D eigenvalue weighted by Gasteiger charge is -2.10. The van der Waals surface area contributed by atoms with Gasteiger partial charge in [0.05, 0.1) is 5.56 Å². The number of rotatable bonds is 10. The standard InChI is InChI=1S/C21H28O2.H3N/c1-2-3-4-5-6-7-8-9-13-18-16-15-17-12-10-11-14-19(17)20(18)21(22)23;/h10-12,14-16H,2-9,13H2,1H3,(H,22,23);1H3. The van der Waals surface area contributed by atoms with Crippen LogP contribution in [0, 0.1) is 0 Å². The second-order valence-corrected chi connectivity index (χ2v) is 6.35. The van der Waals surface area contributed by atoms with Crippen LogP contribution in [0.4, 0.5) is 0 Å². The predicted octanol–water partition coefficient (Wildman–Crippen LogP) is 6.38. The molecule has 2 aromatic carbocycles. The van der Waals surface area contributed by atoms with Gasteiger partial charge in [-0.3, -0.25) is 0 Å². The van der Waals surface area contributed by atoms with Crippen molar-refractivity contribution in [3.63, 3.8) is 0 Å². The molecule has 0 aliphatic carbocycles. The van der Waals surface area contributed by atoms with Gasteiger partial charge >= 0.3 is 5.97 Å². The number of aromatic carboxylic acids is 1. The Morgan fingerprint density at radius 1 is 0.875 bits per heavy atom. The van der Waals surface area contributed by atoms with E-state index >= 15 is 0 Å². The van der Waals surface area contributed by atoms with E-state index in [9.17, 15) is 9.90 Å². The van der Waals surface area contributed by atoms with Crippen LogP contribution in [0.25, 0.3) is 10.8 Å². The van der Waals surface area contributed by atoms with Crippen LogP contribution in [0.3, 0.4) is 0 Å². The van der Waals surface area contributed by atoms with Crippen LogP contribution >= 0.6 is 0 Å². The van der Waals surface area contributed by atoms with Crippen molar-refractivity contribution in [2.24, 2.45) is 0 Å². The summed E-state index contributed by atoms with van der Waals surface area (Å²) in [6, 6.07) is 11.8. The van der Waals surface area contributed by atoms with Crippen molar-refractivity contribution in [1.29, 1.82) is 0 Å². The lowest BCUT2D eigenvalue weighted by atomic mass is 9.95. The Kier molecular flexibility index (Phi) is 9.10. The molecule has 0 bridgehead atoms. The van der Waals surface area contributed by atoms with Crippen molar-refractivity contribution in [3.05, 3.63) is 47.5 Å². The number of carboxylic acids is 1. The molecule has 132 valence electrons. The molecular weight excluding hydrogens is 298 g/mol. The predicted molar refractivity (Wildman–Crippen MR) is 102 cm³/mol. The van der Waals surface area contributed by atoms with Crippen molar-refractivity contribution in [1.82, 2.24) is 6.15 Å². The largest absolute Gasteiger partial charge is 0.478 e. The Balaban J connectivity index is 0.00000288. The minimum Gasteiger partial charge on any atom is -0.478 e. The van der Waals surface area contributed by atoms with Gasteiger partial charge < -0.3 is 11.3 Å². The van der Waals surface area contributed by atoms with E-state index in [1.165, 1.54) is 44.9 Å². The summed E-state index contributed by atoms with van der Waals surface area (Å²) in [5.41, 5.74) is 1.47. The average molecular weight is 329 g/mol.